The maximum absolute atomic E-state index is 10.1. The molecule has 28 heavy (non-hydrogen) atoms. The predicted molar refractivity (Wildman–Crippen MR) is 83.2 cm³/mol. The van der Waals surface area contributed by atoms with Gasteiger partial charge in [-0.25, -0.2) is 0 Å². The van der Waals surface area contributed by atoms with Crippen LogP contribution >= 0.6 is 0 Å². The molecule has 0 spiro atoms. The molecule has 3 rings (SSSR count). The van der Waals surface area contributed by atoms with Crippen LogP contribution in [-0.4, -0.2) is 134 Å². The molecule has 164 valence electrons. The molecule has 3 heterocycles. The van der Waals surface area contributed by atoms with Gasteiger partial charge in [-0.2, -0.15) is 0 Å². The summed E-state index contributed by atoms with van der Waals surface area (Å²) in [6.07, 6.45) is -15.8. The topological polar surface area (TPSA) is 208 Å². The van der Waals surface area contributed by atoms with E-state index in [2.05, 4.69) is 0 Å². The number of aliphatic hydroxyl groups excluding tert-OH is 8. The summed E-state index contributed by atoms with van der Waals surface area (Å²) in [5, 5.41) is 77.1. The molecule has 13 nitrogen and oxygen atoms in total. The van der Waals surface area contributed by atoms with Crippen molar-refractivity contribution >= 4 is 0 Å². The molecule has 12 atom stereocenters. The second kappa shape index (κ2) is 9.09. The minimum absolute atomic E-state index is 0.329. The Kier molecular flexibility index (Phi) is 7.20. The summed E-state index contributed by atoms with van der Waals surface area (Å²) in [6, 6.07) is 0. The molecule has 3 fully saturated rings. The Hall–Kier alpha value is -0.520. The third kappa shape index (κ3) is 4.32. The molecule has 3 aliphatic rings. The van der Waals surface area contributed by atoms with Crippen molar-refractivity contribution in [3.63, 3.8) is 0 Å². The summed E-state index contributed by atoms with van der Waals surface area (Å²) in [4.78, 5) is 0. The molecular formula is C15H26O13. The van der Waals surface area contributed by atoms with E-state index in [1.54, 1.807) is 0 Å². The van der Waals surface area contributed by atoms with Crippen LogP contribution in [0.25, 0.3) is 0 Å². The van der Waals surface area contributed by atoms with Gasteiger partial charge in [-0.1, -0.05) is 0 Å². The van der Waals surface area contributed by atoms with Crippen molar-refractivity contribution in [3.8, 4) is 0 Å². The summed E-state index contributed by atoms with van der Waals surface area (Å²) in [7, 11) is 0. The molecule has 0 radical (unpaired) electrons. The minimum Gasteiger partial charge on any atom is -0.394 e. The van der Waals surface area contributed by atoms with Gasteiger partial charge >= 0.3 is 0 Å². The highest BCUT2D eigenvalue weighted by molar-refractivity contribution is 4.90. The number of hydrogen-bond donors (Lipinski definition) is 8. The molecule has 0 saturated carbocycles. The fraction of sp³-hybridized carbons (Fsp3) is 1.00. The first-order valence-corrected chi connectivity index (χ1v) is 8.81. The zero-order chi connectivity index (χ0) is 20.6. The lowest BCUT2D eigenvalue weighted by Crippen LogP contribution is -2.39. The molecular weight excluding hydrogens is 388 g/mol. The summed E-state index contributed by atoms with van der Waals surface area (Å²) < 4.78 is 25.9. The molecule has 8 N–H and O–H groups in total. The summed E-state index contributed by atoms with van der Waals surface area (Å²) in [5.41, 5.74) is 0. The summed E-state index contributed by atoms with van der Waals surface area (Å²) in [5.74, 6) is 0. The van der Waals surface area contributed by atoms with Crippen LogP contribution in [0.5, 0.6) is 0 Å². The fourth-order valence-electron chi connectivity index (χ4n) is 3.24. The Balaban J connectivity index is 1.46. The quantitative estimate of drug-likeness (QED) is 0.196. The molecule has 0 aromatic carbocycles. The van der Waals surface area contributed by atoms with Gasteiger partial charge in [0.05, 0.1) is 19.8 Å². The van der Waals surface area contributed by atoms with E-state index in [1.165, 1.54) is 0 Å². The first kappa shape index (κ1) is 22.2. The zero-order valence-corrected chi connectivity index (χ0v) is 14.7. The van der Waals surface area contributed by atoms with Gasteiger partial charge in [-0.15, -0.1) is 0 Å². The van der Waals surface area contributed by atoms with Gasteiger partial charge in [0, 0.05) is 0 Å². The average Bonchev–Trinajstić information content (AvgIpc) is 3.21. The van der Waals surface area contributed by atoms with E-state index in [9.17, 15) is 35.7 Å². The Morgan fingerprint density at radius 2 is 0.964 bits per heavy atom. The van der Waals surface area contributed by atoms with Crippen LogP contribution in [0.1, 0.15) is 0 Å². The highest BCUT2D eigenvalue weighted by Gasteiger charge is 2.48. The lowest BCUT2D eigenvalue weighted by molar-refractivity contribution is -0.215. The van der Waals surface area contributed by atoms with Crippen molar-refractivity contribution in [3.05, 3.63) is 0 Å². The zero-order valence-electron chi connectivity index (χ0n) is 14.7. The van der Waals surface area contributed by atoms with Crippen molar-refractivity contribution in [1.29, 1.82) is 0 Å². The molecule has 0 unspecified atom stereocenters. The minimum atomic E-state index is -1.57. The van der Waals surface area contributed by atoms with Gasteiger partial charge in [0.1, 0.15) is 54.9 Å². The van der Waals surface area contributed by atoms with E-state index in [4.69, 9.17) is 28.8 Å². The predicted octanol–water partition coefficient (Wildman–Crippen LogP) is -5.66. The number of aliphatic hydroxyl groups is 8. The first-order chi connectivity index (χ1) is 13.2. The molecule has 3 aliphatic heterocycles. The number of ether oxygens (including phenoxy) is 5. The van der Waals surface area contributed by atoms with Crippen LogP contribution in [0.4, 0.5) is 0 Å². The highest BCUT2D eigenvalue weighted by Crippen LogP contribution is 2.27. The third-order valence-corrected chi connectivity index (χ3v) is 5.00. The molecule has 0 aliphatic carbocycles. The van der Waals surface area contributed by atoms with E-state index in [1.807, 2.05) is 0 Å². The van der Waals surface area contributed by atoms with Crippen LogP contribution in [0.3, 0.4) is 0 Å². The SMILES string of the molecule is OC[C@H]1O[C@H](OC[C@H]2O[C@H](OC[C@H]3O[C@H](O)[C@@H](O)[C@@H]3O)[C@@H](O)[C@@H]2O)[C@@H](O)[C@@H]1O. The molecule has 0 aromatic rings. The largest absolute Gasteiger partial charge is 0.394 e. The van der Waals surface area contributed by atoms with Crippen molar-refractivity contribution in [2.75, 3.05) is 19.8 Å². The van der Waals surface area contributed by atoms with E-state index in [-0.39, 0.29) is 13.2 Å². The van der Waals surface area contributed by atoms with Crippen LogP contribution in [0, 0.1) is 0 Å². The lowest BCUT2D eigenvalue weighted by Gasteiger charge is -2.20. The Morgan fingerprint density at radius 1 is 0.536 bits per heavy atom. The average molecular weight is 414 g/mol. The molecule has 0 bridgehead atoms. The third-order valence-electron chi connectivity index (χ3n) is 5.00. The lowest BCUT2D eigenvalue weighted by atomic mass is 10.1. The second-order valence-electron chi connectivity index (χ2n) is 6.94. The van der Waals surface area contributed by atoms with Crippen molar-refractivity contribution in [2.24, 2.45) is 0 Å². The van der Waals surface area contributed by atoms with Crippen molar-refractivity contribution < 1.29 is 64.5 Å². The Labute approximate surface area is 159 Å². The first-order valence-electron chi connectivity index (χ1n) is 8.81. The van der Waals surface area contributed by atoms with Crippen LogP contribution < -0.4 is 0 Å². The van der Waals surface area contributed by atoms with Gasteiger partial charge < -0.3 is 64.5 Å². The van der Waals surface area contributed by atoms with Gasteiger partial charge in [0.25, 0.3) is 0 Å². The normalized spacial score (nSPS) is 51.9. The van der Waals surface area contributed by atoms with Crippen LogP contribution in [0.2, 0.25) is 0 Å². The van der Waals surface area contributed by atoms with E-state index < -0.39 is 80.4 Å². The molecule has 13 heteroatoms. The summed E-state index contributed by atoms with van der Waals surface area (Å²) in [6.45, 7) is -1.19. The molecule has 0 amide bonds. The fourth-order valence-corrected chi connectivity index (χ4v) is 3.24. The number of rotatable bonds is 7. The standard InChI is InChI=1S/C15H26O13/c16-1-4-7(17)11(21)14(27-4)25-3-6-9(19)12(22)15(28-6)24-2-5-8(18)10(20)13(23)26-5/h4-23H,1-3H2/t4-,5-,6-,7-,8-,9-,10+,11+,12+,13+,14+,15+/m1/s1. The Morgan fingerprint density at radius 3 is 1.39 bits per heavy atom. The molecule has 0 aromatic heterocycles. The highest BCUT2D eigenvalue weighted by atomic mass is 16.7. The Bertz CT molecular complexity index is 508. The van der Waals surface area contributed by atoms with Crippen molar-refractivity contribution in [1.82, 2.24) is 0 Å². The van der Waals surface area contributed by atoms with Crippen LogP contribution in [-0.2, 0) is 23.7 Å². The second-order valence-corrected chi connectivity index (χ2v) is 6.94. The smallest absolute Gasteiger partial charge is 0.186 e. The number of hydrogen-bond acceptors (Lipinski definition) is 13. The maximum atomic E-state index is 10.1. The van der Waals surface area contributed by atoms with E-state index in [0.29, 0.717) is 0 Å². The van der Waals surface area contributed by atoms with Gasteiger partial charge in [-0.05, 0) is 0 Å². The van der Waals surface area contributed by atoms with Crippen LogP contribution in [0.15, 0.2) is 0 Å². The van der Waals surface area contributed by atoms with Gasteiger partial charge in [-0.3, -0.25) is 0 Å². The van der Waals surface area contributed by atoms with E-state index in [0.717, 1.165) is 0 Å². The summed E-state index contributed by atoms with van der Waals surface area (Å²) >= 11 is 0. The van der Waals surface area contributed by atoms with Gasteiger partial charge in [0.15, 0.2) is 18.9 Å². The van der Waals surface area contributed by atoms with E-state index >= 15 is 0 Å². The maximum Gasteiger partial charge on any atom is 0.186 e. The van der Waals surface area contributed by atoms with Crippen molar-refractivity contribution in [2.45, 2.75) is 73.8 Å². The molecule has 3 saturated heterocycles. The van der Waals surface area contributed by atoms with Gasteiger partial charge in [0.2, 0.25) is 0 Å². The monoisotopic (exact) mass is 414 g/mol.